The molecule has 0 radical (unpaired) electrons. The number of halogens is 1. The predicted molar refractivity (Wildman–Crippen MR) is 92.1 cm³/mol. The maximum atomic E-state index is 14.5. The van der Waals surface area contributed by atoms with Gasteiger partial charge in [0.15, 0.2) is 0 Å². The average molecular weight is 327 g/mol. The molecule has 1 aromatic carbocycles. The number of nitrogens with zero attached hydrogens (tertiary/aromatic N) is 3. The molecule has 0 aliphatic carbocycles. The van der Waals surface area contributed by atoms with Crippen molar-refractivity contribution in [3.8, 4) is 5.95 Å². The van der Waals surface area contributed by atoms with Crippen molar-refractivity contribution in [2.45, 2.75) is 38.5 Å². The van der Waals surface area contributed by atoms with Crippen LogP contribution in [0.4, 0.5) is 4.39 Å². The lowest BCUT2D eigenvalue weighted by atomic mass is 9.95. The van der Waals surface area contributed by atoms with Gasteiger partial charge in [-0.05, 0) is 37.9 Å². The minimum absolute atomic E-state index is 0.217. The number of piperidine rings is 1. The molecule has 0 amide bonds. The first-order valence-electron chi connectivity index (χ1n) is 8.58. The molecule has 1 saturated heterocycles. The van der Waals surface area contributed by atoms with Gasteiger partial charge in [-0.3, -0.25) is 0 Å². The van der Waals surface area contributed by atoms with Crippen molar-refractivity contribution in [3.05, 3.63) is 41.6 Å². The van der Waals surface area contributed by atoms with Crippen LogP contribution in [-0.4, -0.2) is 32.8 Å². The summed E-state index contributed by atoms with van der Waals surface area (Å²) in [4.78, 5) is 7.85. The van der Waals surface area contributed by atoms with Crippen LogP contribution in [0.3, 0.4) is 0 Å². The summed E-state index contributed by atoms with van der Waals surface area (Å²) in [7, 11) is 0. The van der Waals surface area contributed by atoms with Crippen LogP contribution in [0.25, 0.3) is 16.9 Å². The van der Waals surface area contributed by atoms with Crippen LogP contribution in [0.5, 0.6) is 0 Å². The molecule has 6 heteroatoms. The fraction of sp³-hybridized carbons (Fsp3) is 0.444. The molecular weight excluding hydrogens is 305 g/mol. The standard InChI is InChI=1S/C18H22FN5/c1-11(2)16-13-4-3-5-14(19)17(13)24(23-16)18-21-10-15(22-18)12-6-8-20-9-7-12/h3-5,10-12,20H,6-9H2,1-2H3,(H,21,22). The van der Waals surface area contributed by atoms with E-state index < -0.39 is 0 Å². The van der Waals surface area contributed by atoms with Crippen molar-refractivity contribution in [1.29, 1.82) is 0 Å². The van der Waals surface area contributed by atoms with E-state index in [1.807, 2.05) is 12.3 Å². The first kappa shape index (κ1) is 15.3. The Kier molecular flexibility index (Phi) is 3.84. The minimum atomic E-state index is -0.272. The van der Waals surface area contributed by atoms with E-state index in [2.05, 4.69) is 34.2 Å². The second-order valence-corrected chi connectivity index (χ2v) is 6.77. The summed E-state index contributed by atoms with van der Waals surface area (Å²) >= 11 is 0. The van der Waals surface area contributed by atoms with E-state index in [-0.39, 0.29) is 11.7 Å². The summed E-state index contributed by atoms with van der Waals surface area (Å²) in [5.74, 6) is 1.01. The molecule has 24 heavy (non-hydrogen) atoms. The quantitative estimate of drug-likeness (QED) is 0.774. The Balaban J connectivity index is 1.80. The third-order valence-corrected chi connectivity index (χ3v) is 4.79. The zero-order valence-electron chi connectivity index (χ0n) is 14.0. The Morgan fingerprint density at radius 1 is 1.25 bits per heavy atom. The van der Waals surface area contributed by atoms with Gasteiger partial charge in [0.05, 0.1) is 11.9 Å². The normalized spacial score (nSPS) is 16.3. The van der Waals surface area contributed by atoms with Crippen LogP contribution in [0, 0.1) is 5.82 Å². The molecule has 126 valence electrons. The number of hydrogen-bond donors (Lipinski definition) is 2. The van der Waals surface area contributed by atoms with Crippen LogP contribution in [-0.2, 0) is 0 Å². The van der Waals surface area contributed by atoms with Crippen LogP contribution in [0.15, 0.2) is 24.4 Å². The second kappa shape index (κ2) is 6.02. The van der Waals surface area contributed by atoms with Crippen molar-refractivity contribution >= 4 is 10.9 Å². The molecule has 5 nitrogen and oxygen atoms in total. The largest absolute Gasteiger partial charge is 0.326 e. The summed E-state index contributed by atoms with van der Waals surface area (Å²) in [6.45, 7) is 6.19. The summed E-state index contributed by atoms with van der Waals surface area (Å²) in [6, 6.07) is 5.13. The molecule has 1 aliphatic rings. The zero-order chi connectivity index (χ0) is 16.7. The number of imidazole rings is 1. The Hall–Kier alpha value is -2.21. The van der Waals surface area contributed by atoms with Gasteiger partial charge in [-0.25, -0.2) is 9.37 Å². The predicted octanol–water partition coefficient (Wildman–Crippen LogP) is 3.48. The summed E-state index contributed by atoms with van der Waals surface area (Å²) in [6.07, 6.45) is 4.05. The van der Waals surface area contributed by atoms with Crippen molar-refractivity contribution in [1.82, 2.24) is 25.1 Å². The molecular formula is C18H22FN5. The molecule has 0 unspecified atom stereocenters. The number of nitrogens with one attached hydrogen (secondary N) is 2. The maximum Gasteiger partial charge on any atom is 0.228 e. The molecule has 1 aliphatic heterocycles. The van der Waals surface area contributed by atoms with Crippen LogP contribution in [0.1, 0.15) is 49.9 Å². The highest BCUT2D eigenvalue weighted by molar-refractivity contribution is 5.84. The topological polar surface area (TPSA) is 58.5 Å². The molecule has 0 atom stereocenters. The van der Waals surface area contributed by atoms with Crippen LogP contribution < -0.4 is 5.32 Å². The van der Waals surface area contributed by atoms with Gasteiger partial charge in [0.1, 0.15) is 11.3 Å². The first-order chi connectivity index (χ1) is 11.6. The van der Waals surface area contributed by atoms with Gasteiger partial charge >= 0.3 is 0 Å². The van der Waals surface area contributed by atoms with Gasteiger partial charge < -0.3 is 10.3 Å². The van der Waals surface area contributed by atoms with E-state index >= 15 is 0 Å². The van der Waals surface area contributed by atoms with Crippen molar-refractivity contribution in [2.24, 2.45) is 0 Å². The van der Waals surface area contributed by atoms with Crippen molar-refractivity contribution < 1.29 is 4.39 Å². The van der Waals surface area contributed by atoms with E-state index in [4.69, 9.17) is 0 Å². The van der Waals surface area contributed by atoms with E-state index in [0.717, 1.165) is 42.7 Å². The highest BCUT2D eigenvalue weighted by atomic mass is 19.1. The molecule has 3 aromatic rings. The number of rotatable bonds is 3. The third kappa shape index (κ3) is 2.51. The Labute approximate surface area is 140 Å². The number of aromatic nitrogens is 4. The maximum absolute atomic E-state index is 14.5. The monoisotopic (exact) mass is 327 g/mol. The van der Waals surface area contributed by atoms with Crippen molar-refractivity contribution in [3.63, 3.8) is 0 Å². The highest BCUT2D eigenvalue weighted by Gasteiger charge is 2.21. The number of fused-ring (bicyclic) bond motifs is 1. The summed E-state index contributed by atoms with van der Waals surface area (Å²) < 4.78 is 16.1. The van der Waals surface area contributed by atoms with E-state index in [1.54, 1.807) is 10.7 Å². The lowest BCUT2D eigenvalue weighted by molar-refractivity contribution is 0.454. The molecule has 0 spiro atoms. The number of benzene rings is 1. The third-order valence-electron chi connectivity index (χ3n) is 4.79. The number of hydrogen-bond acceptors (Lipinski definition) is 3. The number of H-pyrrole nitrogens is 1. The van der Waals surface area contributed by atoms with Gasteiger partial charge in [-0.15, -0.1) is 0 Å². The first-order valence-corrected chi connectivity index (χ1v) is 8.58. The minimum Gasteiger partial charge on any atom is -0.326 e. The van der Waals surface area contributed by atoms with Crippen molar-refractivity contribution in [2.75, 3.05) is 13.1 Å². The van der Waals surface area contributed by atoms with Crippen LogP contribution in [0.2, 0.25) is 0 Å². The average Bonchev–Trinajstić information content (AvgIpc) is 3.21. The fourth-order valence-corrected chi connectivity index (χ4v) is 3.50. The van der Waals surface area contributed by atoms with Gasteiger partial charge in [0.25, 0.3) is 0 Å². The smallest absolute Gasteiger partial charge is 0.228 e. The Morgan fingerprint density at radius 3 is 2.79 bits per heavy atom. The van der Waals surface area contributed by atoms with Gasteiger partial charge in [-0.1, -0.05) is 26.0 Å². The second-order valence-electron chi connectivity index (χ2n) is 6.77. The van der Waals surface area contributed by atoms with Gasteiger partial charge in [0.2, 0.25) is 5.95 Å². The molecule has 1 fully saturated rings. The molecule has 2 N–H and O–H groups in total. The van der Waals surface area contributed by atoms with Gasteiger partial charge in [0, 0.05) is 17.0 Å². The lowest BCUT2D eigenvalue weighted by Gasteiger charge is -2.21. The molecule has 0 bridgehead atoms. The van der Waals surface area contributed by atoms with Crippen LogP contribution >= 0.6 is 0 Å². The molecule has 2 aromatic heterocycles. The fourth-order valence-electron chi connectivity index (χ4n) is 3.50. The number of aromatic amines is 1. The SMILES string of the molecule is CC(C)c1nn(-c2ncc(C3CCNCC3)[nH]2)c2c(F)cccc12. The van der Waals surface area contributed by atoms with Gasteiger partial charge in [-0.2, -0.15) is 9.78 Å². The Bertz CT molecular complexity index is 858. The molecule has 3 heterocycles. The van der Waals surface area contributed by atoms with E-state index in [9.17, 15) is 4.39 Å². The zero-order valence-corrected chi connectivity index (χ0v) is 14.0. The molecule has 4 rings (SSSR count). The Morgan fingerprint density at radius 2 is 2.04 bits per heavy atom. The molecule has 0 saturated carbocycles. The summed E-state index contributed by atoms with van der Waals surface area (Å²) in [5, 5.41) is 8.87. The summed E-state index contributed by atoms with van der Waals surface area (Å²) in [5.41, 5.74) is 2.49. The number of para-hydroxylation sites is 1. The van der Waals surface area contributed by atoms with E-state index in [0.29, 0.717) is 17.4 Å². The highest BCUT2D eigenvalue weighted by Crippen LogP contribution is 2.29. The lowest BCUT2D eigenvalue weighted by Crippen LogP contribution is -2.26. The van der Waals surface area contributed by atoms with E-state index in [1.165, 1.54) is 6.07 Å².